The number of amides is 2. The topological polar surface area (TPSA) is 84.2 Å². The Labute approximate surface area is 139 Å². The van der Waals surface area contributed by atoms with Gasteiger partial charge in [0.1, 0.15) is 0 Å². The van der Waals surface area contributed by atoms with Crippen molar-refractivity contribution >= 4 is 27.7 Å². The van der Waals surface area contributed by atoms with Crippen LogP contribution in [0.4, 0.5) is 0 Å². The minimum absolute atomic E-state index is 0.0412. The molecule has 120 valence electrons. The minimum Gasteiger partial charge on any atom is -0.346 e. The van der Waals surface area contributed by atoms with Gasteiger partial charge < -0.3 is 16.4 Å². The summed E-state index contributed by atoms with van der Waals surface area (Å²) >= 11 is 3.44. The molecule has 0 aromatic heterocycles. The first-order valence-electron chi connectivity index (χ1n) is 7.44. The molecule has 0 spiro atoms. The molecule has 0 bridgehead atoms. The number of halogens is 1. The molecule has 0 unspecified atom stereocenters. The molecular weight excluding hydrogens is 346 g/mol. The van der Waals surface area contributed by atoms with Crippen molar-refractivity contribution in [2.45, 2.75) is 38.3 Å². The van der Waals surface area contributed by atoms with Crippen LogP contribution < -0.4 is 16.4 Å². The molecular formula is C16H22BrN3O2. The van der Waals surface area contributed by atoms with Gasteiger partial charge in [-0.15, -0.1) is 0 Å². The predicted octanol–water partition coefficient (Wildman–Crippen LogP) is 1.65. The average molecular weight is 368 g/mol. The highest BCUT2D eigenvalue weighted by molar-refractivity contribution is 9.10. The molecule has 1 fully saturated rings. The van der Waals surface area contributed by atoms with Gasteiger partial charge in [0.15, 0.2) is 0 Å². The van der Waals surface area contributed by atoms with Crippen LogP contribution in [-0.4, -0.2) is 24.4 Å². The van der Waals surface area contributed by atoms with Gasteiger partial charge in [-0.05, 0) is 36.5 Å². The van der Waals surface area contributed by atoms with E-state index in [-0.39, 0.29) is 29.8 Å². The molecule has 2 rings (SSSR count). The molecule has 0 aliphatic heterocycles. The van der Waals surface area contributed by atoms with Crippen LogP contribution in [0.3, 0.4) is 0 Å². The first-order valence-corrected chi connectivity index (χ1v) is 8.24. The minimum atomic E-state index is -0.590. The lowest BCUT2D eigenvalue weighted by Gasteiger charge is -2.19. The maximum absolute atomic E-state index is 12.1. The van der Waals surface area contributed by atoms with Crippen LogP contribution in [0.1, 0.15) is 32.3 Å². The second-order valence-corrected chi connectivity index (χ2v) is 7.04. The molecule has 1 aromatic rings. The van der Waals surface area contributed by atoms with Gasteiger partial charge in [0.05, 0.1) is 18.1 Å². The third-order valence-corrected chi connectivity index (χ3v) is 4.44. The third kappa shape index (κ3) is 4.08. The Morgan fingerprint density at radius 3 is 2.59 bits per heavy atom. The molecule has 0 radical (unpaired) electrons. The van der Waals surface area contributed by atoms with E-state index in [2.05, 4.69) is 26.6 Å². The summed E-state index contributed by atoms with van der Waals surface area (Å²) in [6.07, 6.45) is 1.82. The van der Waals surface area contributed by atoms with Crippen LogP contribution >= 0.6 is 15.9 Å². The van der Waals surface area contributed by atoms with Crippen molar-refractivity contribution in [2.24, 2.45) is 11.7 Å². The number of nitrogens with one attached hydrogen (secondary N) is 2. The maximum Gasteiger partial charge on any atom is 0.240 e. The van der Waals surface area contributed by atoms with Crippen LogP contribution in [0.25, 0.3) is 0 Å². The number of rotatable bonds is 6. The lowest BCUT2D eigenvalue weighted by molar-refractivity contribution is -0.127. The zero-order valence-electron chi connectivity index (χ0n) is 12.9. The van der Waals surface area contributed by atoms with Crippen molar-refractivity contribution < 1.29 is 9.59 Å². The second-order valence-electron chi connectivity index (χ2n) is 6.13. The molecule has 0 heterocycles. The highest BCUT2D eigenvalue weighted by Crippen LogP contribution is 2.45. The summed E-state index contributed by atoms with van der Waals surface area (Å²) in [4.78, 5) is 23.8. The Balaban J connectivity index is 1.89. The van der Waals surface area contributed by atoms with E-state index in [1.807, 2.05) is 38.1 Å². The predicted molar refractivity (Wildman–Crippen MR) is 89.0 cm³/mol. The van der Waals surface area contributed by atoms with Gasteiger partial charge in [0.2, 0.25) is 11.8 Å². The zero-order valence-corrected chi connectivity index (χ0v) is 14.4. The van der Waals surface area contributed by atoms with Crippen molar-refractivity contribution in [2.75, 3.05) is 6.54 Å². The SMILES string of the molecule is CC(C)[C@H](N)C(=O)NCC(=O)NC1(c2cccc(Br)c2)CC1. The highest BCUT2D eigenvalue weighted by atomic mass is 79.9. The molecule has 1 aromatic carbocycles. The number of carbonyl (C=O) groups is 2. The van der Waals surface area contributed by atoms with Crippen molar-refractivity contribution in [1.29, 1.82) is 0 Å². The first-order chi connectivity index (χ1) is 10.3. The Kier molecular flexibility index (Phi) is 5.24. The van der Waals surface area contributed by atoms with Crippen molar-refractivity contribution in [3.8, 4) is 0 Å². The van der Waals surface area contributed by atoms with Gasteiger partial charge in [-0.1, -0.05) is 41.9 Å². The summed E-state index contributed by atoms with van der Waals surface area (Å²) in [6.45, 7) is 3.70. The number of hydrogen-bond donors (Lipinski definition) is 3. The molecule has 22 heavy (non-hydrogen) atoms. The summed E-state index contributed by atoms with van der Waals surface area (Å²) in [7, 11) is 0. The van der Waals surface area contributed by atoms with E-state index >= 15 is 0 Å². The number of nitrogens with two attached hydrogens (primary N) is 1. The fourth-order valence-electron chi connectivity index (χ4n) is 2.30. The lowest BCUT2D eigenvalue weighted by Crippen LogP contribution is -2.48. The van der Waals surface area contributed by atoms with Gasteiger partial charge >= 0.3 is 0 Å². The van der Waals surface area contributed by atoms with Gasteiger partial charge in [0.25, 0.3) is 0 Å². The maximum atomic E-state index is 12.1. The van der Waals surface area contributed by atoms with E-state index in [1.54, 1.807) is 0 Å². The molecule has 1 atom stereocenters. The van der Waals surface area contributed by atoms with E-state index in [9.17, 15) is 9.59 Å². The molecule has 6 heteroatoms. The van der Waals surface area contributed by atoms with E-state index in [0.717, 1.165) is 22.9 Å². The van der Waals surface area contributed by atoms with E-state index in [1.165, 1.54) is 0 Å². The van der Waals surface area contributed by atoms with E-state index in [0.29, 0.717) is 0 Å². The smallest absolute Gasteiger partial charge is 0.240 e. The normalized spacial score (nSPS) is 17.0. The third-order valence-electron chi connectivity index (χ3n) is 3.95. The molecule has 1 aliphatic rings. The van der Waals surface area contributed by atoms with Gasteiger partial charge in [0, 0.05) is 4.47 Å². The second kappa shape index (κ2) is 6.79. The Bertz CT molecular complexity index is 570. The summed E-state index contributed by atoms with van der Waals surface area (Å²) in [5, 5.41) is 5.61. The number of hydrogen-bond acceptors (Lipinski definition) is 3. The highest BCUT2D eigenvalue weighted by Gasteiger charge is 2.45. The molecule has 1 saturated carbocycles. The average Bonchev–Trinajstić information content (AvgIpc) is 3.24. The standard InChI is InChI=1S/C16H22BrN3O2/c1-10(2)14(18)15(22)19-9-13(21)20-16(6-7-16)11-4-3-5-12(17)8-11/h3-5,8,10,14H,6-7,9,18H2,1-2H3,(H,19,22)(H,20,21)/t14-/m0/s1. The van der Waals surface area contributed by atoms with Crippen LogP contribution in [0.15, 0.2) is 28.7 Å². The monoisotopic (exact) mass is 367 g/mol. The lowest BCUT2D eigenvalue weighted by atomic mass is 10.0. The fraction of sp³-hybridized carbons (Fsp3) is 0.500. The summed E-state index contributed by atoms with van der Waals surface area (Å²) in [5.41, 5.74) is 6.54. The van der Waals surface area contributed by atoms with Crippen LogP contribution in [0.5, 0.6) is 0 Å². The van der Waals surface area contributed by atoms with Crippen molar-refractivity contribution in [3.63, 3.8) is 0 Å². The summed E-state index contributed by atoms with van der Waals surface area (Å²) < 4.78 is 0.988. The van der Waals surface area contributed by atoms with Crippen molar-refractivity contribution in [1.82, 2.24) is 10.6 Å². The van der Waals surface area contributed by atoms with Gasteiger partial charge in [-0.2, -0.15) is 0 Å². The number of carbonyl (C=O) groups excluding carboxylic acids is 2. The Morgan fingerprint density at radius 1 is 1.36 bits per heavy atom. The van der Waals surface area contributed by atoms with Crippen LogP contribution in [-0.2, 0) is 15.1 Å². The zero-order chi connectivity index (χ0) is 16.3. The van der Waals surface area contributed by atoms with E-state index in [4.69, 9.17) is 5.73 Å². The van der Waals surface area contributed by atoms with Gasteiger partial charge in [-0.25, -0.2) is 0 Å². The van der Waals surface area contributed by atoms with Crippen molar-refractivity contribution in [3.05, 3.63) is 34.3 Å². The summed E-state index contributed by atoms with van der Waals surface area (Å²) in [6, 6.07) is 7.34. The van der Waals surface area contributed by atoms with E-state index < -0.39 is 6.04 Å². The van der Waals surface area contributed by atoms with Gasteiger partial charge in [-0.3, -0.25) is 9.59 Å². The fourth-order valence-corrected chi connectivity index (χ4v) is 2.70. The molecule has 0 saturated heterocycles. The molecule has 1 aliphatic carbocycles. The Hall–Kier alpha value is -1.40. The molecule has 2 amide bonds. The Morgan fingerprint density at radius 2 is 2.05 bits per heavy atom. The summed E-state index contributed by atoms with van der Waals surface area (Å²) in [5.74, 6) is -0.446. The quantitative estimate of drug-likeness (QED) is 0.714. The molecule has 5 nitrogen and oxygen atoms in total. The van der Waals surface area contributed by atoms with Crippen LogP contribution in [0.2, 0.25) is 0 Å². The molecule has 4 N–H and O–H groups in total. The first kappa shape index (κ1) is 17.0. The largest absolute Gasteiger partial charge is 0.346 e. The number of benzene rings is 1. The van der Waals surface area contributed by atoms with Crippen LogP contribution in [0, 0.1) is 5.92 Å².